The summed E-state index contributed by atoms with van der Waals surface area (Å²) in [7, 11) is 0. The summed E-state index contributed by atoms with van der Waals surface area (Å²) in [5.74, 6) is 0. The summed E-state index contributed by atoms with van der Waals surface area (Å²) in [5.41, 5.74) is 0. The summed E-state index contributed by atoms with van der Waals surface area (Å²) in [6, 6.07) is 0. The van der Waals surface area contributed by atoms with Crippen LogP contribution in [-0.4, -0.2) is 0 Å². The molecule has 0 N–H and O–H groups in total. The van der Waals surface area contributed by atoms with Crippen LogP contribution in [0.25, 0.3) is 0 Å². The van der Waals surface area contributed by atoms with Gasteiger partial charge in [-0.05, 0) is 0 Å². The van der Waals surface area contributed by atoms with Gasteiger partial charge in [0.15, 0.2) is 0 Å². The molecule has 0 saturated heterocycles. The Kier molecular flexibility index (Phi) is 0.422. The van der Waals surface area contributed by atoms with Gasteiger partial charge in [0.05, 0.1) is 0 Å². The minimum absolute atomic E-state index is 0.0312. The summed E-state index contributed by atoms with van der Waals surface area (Å²) in [5, 5.41) is 0. The normalized spacial score (nSPS) is 32.8. The van der Waals surface area contributed by atoms with Crippen molar-refractivity contribution in [3.63, 3.8) is 0 Å². The lowest BCUT2D eigenvalue weighted by atomic mass is 10.4. The second-order valence-electron chi connectivity index (χ2n) is 0.530. The van der Waals surface area contributed by atoms with E-state index in [0.717, 1.165) is 0 Å². The second-order valence-corrected chi connectivity index (χ2v) is 0.530. The Morgan fingerprint density at radius 1 is 2.25 bits per heavy atom. The van der Waals surface area contributed by atoms with Crippen LogP contribution < -0.4 is 0 Å². The van der Waals surface area contributed by atoms with E-state index in [-0.39, 0.29) is 6.42 Å². The van der Waals surface area contributed by atoms with E-state index in [1.54, 1.807) is 0 Å². The molecule has 0 saturated carbocycles. The maximum atomic E-state index is 6.93. The van der Waals surface area contributed by atoms with Gasteiger partial charge in [-0.15, -0.1) is 0 Å². The van der Waals surface area contributed by atoms with Gasteiger partial charge in [0.1, 0.15) is 0 Å². The van der Waals surface area contributed by atoms with Gasteiger partial charge in [0.25, 0.3) is 0 Å². The first-order valence-corrected chi connectivity index (χ1v) is 1.31. The van der Waals surface area contributed by atoms with Gasteiger partial charge in [-0.3, -0.25) is 0 Å². The first kappa shape index (κ1) is 0.562. The fraction of sp³-hybridized carbons (Fsp3) is 1.00. The molecule has 0 spiro atoms. The highest BCUT2D eigenvalue weighted by molar-refractivity contribution is 4.12. The van der Waals surface area contributed by atoms with Gasteiger partial charge in [0, 0.05) is 6.85 Å². The van der Waals surface area contributed by atoms with Gasteiger partial charge in [-0.1, -0.05) is 26.6 Å². The van der Waals surface area contributed by atoms with Crippen molar-refractivity contribution < 1.29 is 6.85 Å². The van der Waals surface area contributed by atoms with Gasteiger partial charge in [-0.25, -0.2) is 0 Å². The third-order valence-electron chi connectivity index (χ3n) is 0.177. The minimum atomic E-state index is -2.47. The Labute approximate surface area is 34.9 Å². The lowest BCUT2D eigenvalue weighted by molar-refractivity contribution is 0.886. The predicted octanol–water partition coefficient (Wildman–Crippen LogP) is 1.81. The Morgan fingerprint density at radius 3 is 3.00 bits per heavy atom. The van der Waals surface area contributed by atoms with Gasteiger partial charge in [-0.2, -0.15) is 0 Å². The number of hydrogen-bond acceptors (Lipinski definition) is 0. The summed E-state index contributed by atoms with van der Waals surface area (Å²) in [6.45, 7) is -0.950. The summed E-state index contributed by atoms with van der Waals surface area (Å²) in [6.07, 6.45) is -1.99. The fourth-order valence-electron chi connectivity index (χ4n) is 0. The first-order valence-electron chi connectivity index (χ1n) is 3.81. The molecule has 4 heavy (non-hydrogen) atoms. The van der Waals surface area contributed by atoms with Crippen LogP contribution in [0.2, 0.25) is 0 Å². The molecule has 0 fully saturated rings. The van der Waals surface area contributed by atoms with Crippen LogP contribution in [0, 0.1) is 0 Å². The third kappa shape index (κ3) is 2.00. The first-order chi connectivity index (χ1) is 3.81. The van der Waals surface area contributed by atoms with Crippen LogP contribution in [0.15, 0.2) is 0 Å². The highest BCUT2D eigenvalue weighted by atomic mass is 13.6. The summed E-state index contributed by atoms with van der Waals surface area (Å²) < 4.78 is 33.9. The van der Waals surface area contributed by atoms with Crippen molar-refractivity contribution in [2.45, 2.75) is 26.6 Å². The third-order valence-corrected chi connectivity index (χ3v) is 0.177. The minimum Gasteiger partial charge on any atom is -0.0654 e. The van der Waals surface area contributed by atoms with Gasteiger partial charge >= 0.3 is 0 Å². The Bertz CT molecular complexity index is 91.6. The summed E-state index contributed by atoms with van der Waals surface area (Å²) in [4.78, 5) is 0. The van der Waals surface area contributed by atoms with E-state index in [9.17, 15) is 0 Å². The highest BCUT2D eigenvalue weighted by Crippen LogP contribution is 1.76. The van der Waals surface area contributed by atoms with Crippen LogP contribution in [0.5, 0.6) is 0 Å². The maximum Gasteiger partial charge on any atom is 0.0264 e. The van der Waals surface area contributed by atoms with E-state index >= 15 is 0 Å². The number of hydrogen-bond donors (Lipinski definition) is 0. The monoisotopic (exact) mass is 63.1 g/mol. The van der Waals surface area contributed by atoms with E-state index in [2.05, 4.69) is 0 Å². The van der Waals surface area contributed by atoms with Gasteiger partial charge in [0.2, 0.25) is 0 Å². The van der Waals surface area contributed by atoms with Crippen molar-refractivity contribution in [2.75, 3.05) is 0 Å². The lowest BCUT2D eigenvalue weighted by Crippen LogP contribution is -1.47. The van der Waals surface area contributed by atoms with E-state index in [4.69, 9.17) is 6.85 Å². The zero-order valence-electron chi connectivity index (χ0n) is 7.71. The van der Waals surface area contributed by atoms with Crippen molar-refractivity contribution >= 4 is 0 Å². The molecule has 0 unspecified atom stereocenters. The van der Waals surface area contributed by atoms with Crippen LogP contribution in [0.3, 0.4) is 0 Å². The molecule has 0 amide bonds. The quantitative estimate of drug-likeness (QED) is 0.435. The number of rotatable bonds is 1. The molecule has 0 nitrogen and oxygen atoms in total. The average molecular weight is 63.2 g/mol. The molecule has 0 bridgehead atoms. The molecule has 0 heterocycles. The SMILES string of the molecule is [2H]C([2H])([2H])C([2H])([2H])CC. The molecule has 0 aliphatic carbocycles. The van der Waals surface area contributed by atoms with Crippen molar-refractivity contribution in [3.05, 3.63) is 0 Å². The van der Waals surface area contributed by atoms with E-state index < -0.39 is 13.2 Å². The van der Waals surface area contributed by atoms with Crippen molar-refractivity contribution in [1.29, 1.82) is 0 Å². The molecule has 0 aromatic rings. The molecule has 0 rings (SSSR count). The summed E-state index contributed by atoms with van der Waals surface area (Å²) >= 11 is 0. The fourth-order valence-corrected chi connectivity index (χ4v) is 0. The standard InChI is InChI=1S/C4H10/c1-3-4-2/h3-4H2,1-2H3/i1D3,3D2. The van der Waals surface area contributed by atoms with E-state index in [1.165, 1.54) is 6.92 Å². The maximum absolute atomic E-state index is 6.93. The van der Waals surface area contributed by atoms with Crippen molar-refractivity contribution in [2.24, 2.45) is 0 Å². The average Bonchev–Trinajstić information content (AvgIpc) is 1.64. The molecule has 0 aromatic carbocycles. The van der Waals surface area contributed by atoms with Crippen molar-refractivity contribution in [3.8, 4) is 0 Å². The molecule has 0 atom stereocenters. The van der Waals surface area contributed by atoms with E-state index in [0.29, 0.717) is 0 Å². The molecule has 26 valence electrons. The molecular weight excluding hydrogens is 48.0 g/mol. The molecule has 0 heteroatoms. The van der Waals surface area contributed by atoms with Crippen LogP contribution >= 0.6 is 0 Å². The molecule has 0 aromatic heterocycles. The Hall–Kier alpha value is 0. The Morgan fingerprint density at radius 2 is 3.00 bits per heavy atom. The second kappa shape index (κ2) is 3.00. The van der Waals surface area contributed by atoms with Gasteiger partial charge < -0.3 is 0 Å². The van der Waals surface area contributed by atoms with Crippen molar-refractivity contribution in [1.82, 2.24) is 0 Å². The topological polar surface area (TPSA) is 0 Å². The molecule has 0 aliphatic rings. The van der Waals surface area contributed by atoms with Crippen LogP contribution in [0.1, 0.15) is 33.4 Å². The highest BCUT2D eigenvalue weighted by Gasteiger charge is 1.56. The zero-order chi connectivity index (χ0) is 7.71. The van der Waals surface area contributed by atoms with E-state index in [1.807, 2.05) is 0 Å². The van der Waals surface area contributed by atoms with Crippen LogP contribution in [0.4, 0.5) is 0 Å². The predicted molar refractivity (Wildman–Crippen MR) is 20.6 cm³/mol. The van der Waals surface area contributed by atoms with Crippen LogP contribution in [-0.2, 0) is 0 Å². The smallest absolute Gasteiger partial charge is 0.0264 e. The Balaban J connectivity index is 4.14. The molecule has 0 radical (unpaired) electrons. The lowest BCUT2D eigenvalue weighted by Gasteiger charge is -1.68. The molecular formula is C4H10. The zero-order valence-corrected chi connectivity index (χ0v) is 2.71. The molecule has 0 aliphatic heterocycles. The largest absolute Gasteiger partial charge is 0.0654 e.